The number of benzene rings is 1. The maximum Gasteiger partial charge on any atom is 0.0999 e. The molecule has 1 aromatic carbocycles. The van der Waals surface area contributed by atoms with E-state index < -0.39 is 0 Å². The Morgan fingerprint density at radius 3 is 2.69 bits per heavy atom. The Hall–Kier alpha value is -1.56. The molecule has 1 aromatic heterocycles. The molecule has 16 heavy (non-hydrogen) atoms. The highest BCUT2D eigenvalue weighted by molar-refractivity contribution is 6.35. The number of pyridine rings is 1. The van der Waals surface area contributed by atoms with Crippen LogP contribution < -0.4 is 0 Å². The summed E-state index contributed by atoms with van der Waals surface area (Å²) < 4.78 is 0. The second-order valence-electron chi connectivity index (χ2n) is 3.16. The van der Waals surface area contributed by atoms with Crippen molar-refractivity contribution < 1.29 is 0 Å². The van der Waals surface area contributed by atoms with E-state index in [2.05, 4.69) is 11.1 Å². The van der Waals surface area contributed by atoms with Crippen molar-refractivity contribution in [1.82, 2.24) is 4.98 Å². The fourth-order valence-electron chi connectivity index (χ4n) is 1.41. The van der Waals surface area contributed by atoms with Gasteiger partial charge in [-0.15, -0.1) is 0 Å². The van der Waals surface area contributed by atoms with E-state index in [0.29, 0.717) is 21.2 Å². The van der Waals surface area contributed by atoms with Crippen LogP contribution in [0.3, 0.4) is 0 Å². The number of nitriles is 1. The third kappa shape index (κ3) is 2.01. The molecule has 0 aliphatic heterocycles. The third-order valence-corrected chi connectivity index (χ3v) is 2.72. The van der Waals surface area contributed by atoms with E-state index in [1.54, 1.807) is 36.7 Å². The number of halogens is 2. The molecule has 2 nitrogen and oxygen atoms in total. The van der Waals surface area contributed by atoms with Crippen LogP contribution in [-0.4, -0.2) is 4.98 Å². The zero-order valence-electron chi connectivity index (χ0n) is 8.11. The topological polar surface area (TPSA) is 36.7 Å². The smallest absolute Gasteiger partial charge is 0.0999 e. The Bertz CT molecular complexity index is 573. The number of hydrogen-bond acceptors (Lipinski definition) is 2. The molecule has 1 heterocycles. The van der Waals surface area contributed by atoms with Gasteiger partial charge in [0.15, 0.2) is 0 Å². The van der Waals surface area contributed by atoms with Gasteiger partial charge in [0.1, 0.15) is 0 Å². The second-order valence-corrected chi connectivity index (χ2v) is 4.00. The first-order valence-corrected chi connectivity index (χ1v) is 5.27. The van der Waals surface area contributed by atoms with Crippen LogP contribution in [0.15, 0.2) is 36.7 Å². The van der Waals surface area contributed by atoms with Gasteiger partial charge in [0.2, 0.25) is 0 Å². The van der Waals surface area contributed by atoms with E-state index in [1.165, 1.54) is 0 Å². The maximum absolute atomic E-state index is 8.99. The first-order valence-electron chi connectivity index (χ1n) is 4.52. The van der Waals surface area contributed by atoms with E-state index in [-0.39, 0.29) is 0 Å². The van der Waals surface area contributed by atoms with Crippen LogP contribution in [0.2, 0.25) is 10.0 Å². The minimum Gasteiger partial charge on any atom is -0.264 e. The van der Waals surface area contributed by atoms with Gasteiger partial charge >= 0.3 is 0 Å². The van der Waals surface area contributed by atoms with Crippen molar-refractivity contribution in [1.29, 1.82) is 5.26 Å². The van der Waals surface area contributed by atoms with Crippen LogP contribution in [0.4, 0.5) is 0 Å². The fraction of sp³-hybridized carbons (Fsp3) is 0. The fourth-order valence-corrected chi connectivity index (χ4v) is 1.80. The molecular formula is C12H6Cl2N2. The standard InChI is InChI=1S/C12H6Cl2N2/c13-9-1-2-12(14)10(5-9)11-7-16-4-3-8(11)6-15/h1-5,7H. The van der Waals surface area contributed by atoms with Crippen LogP contribution in [0.25, 0.3) is 11.1 Å². The van der Waals surface area contributed by atoms with E-state index in [1.807, 2.05) is 0 Å². The summed E-state index contributed by atoms with van der Waals surface area (Å²) in [6.45, 7) is 0. The van der Waals surface area contributed by atoms with Crippen LogP contribution in [0.1, 0.15) is 5.56 Å². The zero-order chi connectivity index (χ0) is 11.5. The lowest BCUT2D eigenvalue weighted by molar-refractivity contribution is 1.31. The lowest BCUT2D eigenvalue weighted by atomic mass is 10.0. The molecule has 0 aliphatic carbocycles. The summed E-state index contributed by atoms with van der Waals surface area (Å²) in [4.78, 5) is 3.99. The highest BCUT2D eigenvalue weighted by atomic mass is 35.5. The van der Waals surface area contributed by atoms with Crippen LogP contribution in [0.5, 0.6) is 0 Å². The molecule has 78 valence electrons. The van der Waals surface area contributed by atoms with Crippen LogP contribution in [0, 0.1) is 11.3 Å². The van der Waals surface area contributed by atoms with Crippen LogP contribution >= 0.6 is 23.2 Å². The summed E-state index contributed by atoms with van der Waals surface area (Å²) in [5.41, 5.74) is 1.94. The van der Waals surface area contributed by atoms with Gasteiger partial charge in [-0.2, -0.15) is 5.26 Å². The Balaban J connectivity index is 2.68. The summed E-state index contributed by atoms with van der Waals surface area (Å²) >= 11 is 12.0. The average Bonchev–Trinajstić information content (AvgIpc) is 2.32. The Morgan fingerprint density at radius 2 is 1.94 bits per heavy atom. The third-order valence-electron chi connectivity index (χ3n) is 2.16. The van der Waals surface area contributed by atoms with Gasteiger partial charge < -0.3 is 0 Å². The summed E-state index contributed by atoms with van der Waals surface area (Å²) in [5.74, 6) is 0. The second kappa shape index (κ2) is 4.52. The first-order chi connectivity index (χ1) is 7.72. The first kappa shape index (κ1) is 10.9. The van der Waals surface area contributed by atoms with E-state index in [9.17, 15) is 0 Å². The number of aromatic nitrogens is 1. The lowest BCUT2D eigenvalue weighted by Crippen LogP contribution is -1.87. The van der Waals surface area contributed by atoms with E-state index in [4.69, 9.17) is 28.5 Å². The number of rotatable bonds is 1. The predicted octanol–water partition coefficient (Wildman–Crippen LogP) is 3.93. The van der Waals surface area contributed by atoms with Gasteiger partial charge in [0, 0.05) is 33.6 Å². The molecule has 2 rings (SSSR count). The molecule has 0 amide bonds. The maximum atomic E-state index is 8.99. The van der Waals surface area contributed by atoms with Gasteiger partial charge in [-0.25, -0.2) is 0 Å². The van der Waals surface area contributed by atoms with Crippen molar-refractivity contribution in [3.63, 3.8) is 0 Å². The Kier molecular flexibility index (Phi) is 3.09. The lowest BCUT2D eigenvalue weighted by Gasteiger charge is -2.06. The molecule has 0 radical (unpaired) electrons. The molecule has 0 saturated carbocycles. The monoisotopic (exact) mass is 248 g/mol. The van der Waals surface area contributed by atoms with Crippen molar-refractivity contribution in [3.05, 3.63) is 52.3 Å². The molecule has 0 aliphatic rings. The van der Waals surface area contributed by atoms with Crippen molar-refractivity contribution in [2.45, 2.75) is 0 Å². The summed E-state index contributed by atoms with van der Waals surface area (Å²) in [6.07, 6.45) is 3.18. The van der Waals surface area contributed by atoms with Gasteiger partial charge in [0.05, 0.1) is 11.6 Å². The molecular weight excluding hydrogens is 243 g/mol. The molecule has 0 fully saturated rings. The summed E-state index contributed by atoms with van der Waals surface area (Å²) in [5, 5.41) is 10.1. The van der Waals surface area contributed by atoms with Gasteiger partial charge in [-0.3, -0.25) is 4.98 Å². The Labute approximate surface area is 103 Å². The Morgan fingerprint density at radius 1 is 1.12 bits per heavy atom. The molecule has 0 bridgehead atoms. The molecule has 0 saturated heterocycles. The van der Waals surface area contributed by atoms with Gasteiger partial charge in [0.25, 0.3) is 0 Å². The van der Waals surface area contributed by atoms with Crippen molar-refractivity contribution in [2.24, 2.45) is 0 Å². The zero-order valence-corrected chi connectivity index (χ0v) is 9.63. The number of hydrogen-bond donors (Lipinski definition) is 0. The van der Waals surface area contributed by atoms with E-state index >= 15 is 0 Å². The summed E-state index contributed by atoms with van der Waals surface area (Å²) in [6, 6.07) is 8.87. The van der Waals surface area contributed by atoms with Crippen molar-refractivity contribution in [2.75, 3.05) is 0 Å². The van der Waals surface area contributed by atoms with Crippen molar-refractivity contribution in [3.8, 4) is 17.2 Å². The normalized spacial score (nSPS) is 9.81. The predicted molar refractivity (Wildman–Crippen MR) is 64.4 cm³/mol. The quantitative estimate of drug-likeness (QED) is 0.767. The molecule has 4 heteroatoms. The summed E-state index contributed by atoms with van der Waals surface area (Å²) in [7, 11) is 0. The highest BCUT2D eigenvalue weighted by Gasteiger charge is 2.09. The number of nitrogens with zero attached hydrogens (tertiary/aromatic N) is 2. The van der Waals surface area contributed by atoms with Crippen molar-refractivity contribution >= 4 is 23.2 Å². The van der Waals surface area contributed by atoms with Crippen LogP contribution in [-0.2, 0) is 0 Å². The highest BCUT2D eigenvalue weighted by Crippen LogP contribution is 2.31. The largest absolute Gasteiger partial charge is 0.264 e. The molecule has 2 aromatic rings. The minimum atomic E-state index is 0.527. The minimum absolute atomic E-state index is 0.527. The molecule has 0 N–H and O–H groups in total. The average molecular weight is 249 g/mol. The molecule has 0 atom stereocenters. The van der Waals surface area contributed by atoms with E-state index in [0.717, 1.165) is 5.56 Å². The van der Waals surface area contributed by atoms with Gasteiger partial charge in [-0.1, -0.05) is 23.2 Å². The molecule has 0 unspecified atom stereocenters. The molecule has 0 spiro atoms. The van der Waals surface area contributed by atoms with Gasteiger partial charge in [-0.05, 0) is 24.3 Å². The SMILES string of the molecule is N#Cc1ccncc1-c1cc(Cl)ccc1Cl.